The molecule has 16 heavy (non-hydrogen) atoms. The number of nitrogens with two attached hydrogens (primary N) is 2. The van der Waals surface area contributed by atoms with E-state index in [1.165, 1.54) is 0 Å². The largest absolute Gasteiger partial charge is 0.459 e. The van der Waals surface area contributed by atoms with E-state index in [1.54, 1.807) is 0 Å². The number of unbranched alkanes of at least 4 members (excludes halogenated alkanes) is 3. The Morgan fingerprint density at radius 2 is 1.75 bits per heavy atom. The molecular formula is C12H26N2O2. The van der Waals surface area contributed by atoms with Gasteiger partial charge in [0.1, 0.15) is 11.6 Å². The maximum absolute atomic E-state index is 11.5. The van der Waals surface area contributed by atoms with Crippen LogP contribution in [-0.2, 0) is 9.53 Å². The summed E-state index contributed by atoms with van der Waals surface area (Å²) < 4.78 is 5.19. The molecule has 96 valence electrons. The van der Waals surface area contributed by atoms with Crippen LogP contribution in [0.5, 0.6) is 0 Å². The van der Waals surface area contributed by atoms with Gasteiger partial charge in [0.15, 0.2) is 0 Å². The summed E-state index contributed by atoms with van der Waals surface area (Å²) in [5, 5.41) is 0. The third kappa shape index (κ3) is 8.68. The minimum atomic E-state index is -0.489. The Kier molecular flexibility index (Phi) is 7.34. The average Bonchev–Trinajstić information content (AvgIpc) is 2.14. The number of hydrogen-bond donors (Lipinski definition) is 2. The van der Waals surface area contributed by atoms with Gasteiger partial charge in [0.05, 0.1) is 0 Å². The molecule has 0 spiro atoms. The van der Waals surface area contributed by atoms with Crippen LogP contribution in [-0.4, -0.2) is 24.2 Å². The number of esters is 1. The second-order valence-electron chi connectivity index (χ2n) is 5.13. The Bertz CT molecular complexity index is 200. The highest BCUT2D eigenvalue weighted by atomic mass is 16.6. The minimum Gasteiger partial charge on any atom is -0.459 e. The van der Waals surface area contributed by atoms with Crippen molar-refractivity contribution in [2.45, 2.75) is 64.5 Å². The van der Waals surface area contributed by atoms with Crippen LogP contribution in [0.2, 0.25) is 0 Å². The van der Waals surface area contributed by atoms with E-state index >= 15 is 0 Å². The highest BCUT2D eigenvalue weighted by molar-refractivity contribution is 5.75. The zero-order valence-electron chi connectivity index (χ0n) is 10.8. The standard InChI is InChI=1S/C12H26N2O2/c1-12(2,3)16-11(15)10(14)8-6-4-5-7-9-13/h10H,4-9,13-14H2,1-3H3/t10-/m1/s1. The Morgan fingerprint density at radius 1 is 1.19 bits per heavy atom. The van der Waals surface area contributed by atoms with Crippen LogP contribution in [0, 0.1) is 0 Å². The number of hydrogen-bond acceptors (Lipinski definition) is 4. The van der Waals surface area contributed by atoms with Gasteiger partial charge in [-0.3, -0.25) is 4.79 Å². The molecule has 0 aromatic rings. The molecule has 0 rings (SSSR count). The molecule has 0 aliphatic carbocycles. The van der Waals surface area contributed by atoms with Gasteiger partial charge >= 0.3 is 5.97 Å². The molecule has 0 radical (unpaired) electrons. The van der Waals surface area contributed by atoms with E-state index in [0.717, 1.165) is 32.2 Å². The quantitative estimate of drug-likeness (QED) is 0.514. The van der Waals surface area contributed by atoms with E-state index < -0.39 is 11.6 Å². The summed E-state index contributed by atoms with van der Waals surface area (Å²) in [6.45, 7) is 6.27. The summed E-state index contributed by atoms with van der Waals surface area (Å²) >= 11 is 0. The molecule has 0 saturated heterocycles. The van der Waals surface area contributed by atoms with Crippen LogP contribution in [0.15, 0.2) is 0 Å². The zero-order valence-corrected chi connectivity index (χ0v) is 10.8. The summed E-state index contributed by atoms with van der Waals surface area (Å²) in [5.74, 6) is -0.300. The van der Waals surface area contributed by atoms with Gasteiger partial charge in [-0.2, -0.15) is 0 Å². The molecule has 4 N–H and O–H groups in total. The first-order valence-corrected chi connectivity index (χ1v) is 6.05. The van der Waals surface area contributed by atoms with Gasteiger partial charge in [-0.25, -0.2) is 0 Å². The summed E-state index contributed by atoms with van der Waals surface area (Å²) in [4.78, 5) is 11.5. The van der Waals surface area contributed by atoms with Crippen molar-refractivity contribution in [1.82, 2.24) is 0 Å². The topological polar surface area (TPSA) is 78.3 Å². The first-order chi connectivity index (χ1) is 7.37. The lowest BCUT2D eigenvalue weighted by atomic mass is 10.1. The van der Waals surface area contributed by atoms with Crippen LogP contribution in [0.3, 0.4) is 0 Å². The third-order valence-electron chi connectivity index (χ3n) is 2.18. The highest BCUT2D eigenvalue weighted by Crippen LogP contribution is 2.11. The monoisotopic (exact) mass is 230 g/mol. The Labute approximate surface area is 98.7 Å². The summed E-state index contributed by atoms with van der Waals surface area (Å²) in [5.41, 5.74) is 10.7. The molecule has 0 aromatic carbocycles. The second-order valence-corrected chi connectivity index (χ2v) is 5.13. The predicted molar refractivity (Wildman–Crippen MR) is 66.0 cm³/mol. The Hall–Kier alpha value is -0.610. The molecule has 0 saturated carbocycles. The Balaban J connectivity index is 3.64. The van der Waals surface area contributed by atoms with Gasteiger partial charge in [0.25, 0.3) is 0 Å². The van der Waals surface area contributed by atoms with E-state index in [-0.39, 0.29) is 5.97 Å². The van der Waals surface area contributed by atoms with Crippen molar-refractivity contribution in [2.75, 3.05) is 6.54 Å². The SMILES string of the molecule is CC(C)(C)OC(=O)[C@H](N)CCCCCCN. The summed E-state index contributed by atoms with van der Waals surface area (Å²) in [6, 6.07) is -0.489. The van der Waals surface area contributed by atoms with E-state index in [9.17, 15) is 4.79 Å². The van der Waals surface area contributed by atoms with Crippen LogP contribution in [0.1, 0.15) is 52.9 Å². The van der Waals surface area contributed by atoms with Crippen LogP contribution < -0.4 is 11.5 Å². The van der Waals surface area contributed by atoms with E-state index in [0.29, 0.717) is 6.42 Å². The van der Waals surface area contributed by atoms with Crippen molar-refractivity contribution < 1.29 is 9.53 Å². The summed E-state index contributed by atoms with van der Waals surface area (Å²) in [7, 11) is 0. The summed E-state index contributed by atoms with van der Waals surface area (Å²) in [6.07, 6.45) is 4.88. The van der Waals surface area contributed by atoms with Crippen LogP contribution >= 0.6 is 0 Å². The van der Waals surface area contributed by atoms with E-state index in [4.69, 9.17) is 16.2 Å². The molecule has 0 aromatic heterocycles. The van der Waals surface area contributed by atoms with Crippen molar-refractivity contribution >= 4 is 5.97 Å². The molecule has 0 unspecified atom stereocenters. The number of carbonyl (C=O) groups is 1. The molecule has 0 amide bonds. The van der Waals surface area contributed by atoms with Gasteiger partial charge in [-0.1, -0.05) is 19.3 Å². The van der Waals surface area contributed by atoms with E-state index in [2.05, 4.69) is 0 Å². The normalized spacial score (nSPS) is 13.6. The van der Waals surface area contributed by atoms with Gasteiger partial charge in [0, 0.05) is 0 Å². The van der Waals surface area contributed by atoms with Crippen molar-refractivity contribution in [2.24, 2.45) is 11.5 Å². The molecule has 4 nitrogen and oxygen atoms in total. The molecular weight excluding hydrogens is 204 g/mol. The van der Waals surface area contributed by atoms with Crippen molar-refractivity contribution in [3.8, 4) is 0 Å². The molecule has 0 heterocycles. The van der Waals surface area contributed by atoms with E-state index in [1.807, 2.05) is 20.8 Å². The highest BCUT2D eigenvalue weighted by Gasteiger charge is 2.21. The van der Waals surface area contributed by atoms with Gasteiger partial charge in [-0.15, -0.1) is 0 Å². The number of carbonyl (C=O) groups excluding carboxylic acids is 1. The molecule has 4 heteroatoms. The first kappa shape index (κ1) is 15.4. The molecule has 0 bridgehead atoms. The molecule has 0 aliphatic rings. The lowest BCUT2D eigenvalue weighted by Gasteiger charge is -2.22. The van der Waals surface area contributed by atoms with Crippen LogP contribution in [0.4, 0.5) is 0 Å². The first-order valence-electron chi connectivity index (χ1n) is 6.05. The molecule has 0 aliphatic heterocycles. The van der Waals surface area contributed by atoms with Gasteiger partial charge < -0.3 is 16.2 Å². The van der Waals surface area contributed by atoms with Crippen molar-refractivity contribution in [3.05, 3.63) is 0 Å². The second kappa shape index (κ2) is 7.63. The lowest BCUT2D eigenvalue weighted by molar-refractivity contribution is -0.156. The third-order valence-corrected chi connectivity index (χ3v) is 2.18. The van der Waals surface area contributed by atoms with Gasteiger partial charge in [-0.05, 0) is 40.2 Å². The fourth-order valence-electron chi connectivity index (χ4n) is 1.36. The zero-order chi connectivity index (χ0) is 12.6. The van der Waals surface area contributed by atoms with Crippen LogP contribution in [0.25, 0.3) is 0 Å². The Morgan fingerprint density at radius 3 is 2.25 bits per heavy atom. The average molecular weight is 230 g/mol. The van der Waals surface area contributed by atoms with Crippen molar-refractivity contribution in [1.29, 1.82) is 0 Å². The fourth-order valence-corrected chi connectivity index (χ4v) is 1.36. The lowest BCUT2D eigenvalue weighted by Crippen LogP contribution is -2.37. The molecule has 0 fully saturated rings. The fraction of sp³-hybridized carbons (Fsp3) is 0.917. The molecule has 1 atom stereocenters. The number of rotatable bonds is 7. The number of ether oxygens (including phenoxy) is 1. The maximum Gasteiger partial charge on any atom is 0.323 e. The predicted octanol–water partition coefficient (Wildman–Crippen LogP) is 1.56. The van der Waals surface area contributed by atoms with Crippen molar-refractivity contribution in [3.63, 3.8) is 0 Å². The smallest absolute Gasteiger partial charge is 0.323 e. The minimum absolute atomic E-state index is 0.300. The maximum atomic E-state index is 11.5. The van der Waals surface area contributed by atoms with Gasteiger partial charge in [0.2, 0.25) is 0 Å².